The van der Waals surface area contributed by atoms with E-state index in [1.807, 2.05) is 31.2 Å². The van der Waals surface area contributed by atoms with Crippen LogP contribution in [-0.2, 0) is 0 Å². The maximum atomic E-state index is 4.05. The van der Waals surface area contributed by atoms with E-state index in [1.165, 1.54) is 22.4 Å². The van der Waals surface area contributed by atoms with Crippen LogP contribution >= 0.6 is 0 Å². The molecule has 174 valence electrons. The SMILES string of the molecule is C=C/C(=C\C=C/C)N(c1ccccc1)c1ccc(-c2ccc(N(C)c3cccc(C)c3)cc2)cc1. The molecule has 0 aliphatic heterocycles. The van der Waals surface area contributed by atoms with Gasteiger partial charge >= 0.3 is 0 Å². The molecule has 0 heterocycles. The van der Waals surface area contributed by atoms with Gasteiger partial charge in [-0.3, -0.25) is 0 Å². The zero-order valence-electron chi connectivity index (χ0n) is 20.7. The van der Waals surface area contributed by atoms with E-state index < -0.39 is 0 Å². The van der Waals surface area contributed by atoms with Gasteiger partial charge in [0.05, 0.1) is 0 Å². The van der Waals surface area contributed by atoms with Crippen molar-refractivity contribution < 1.29 is 0 Å². The summed E-state index contributed by atoms with van der Waals surface area (Å²) in [6.45, 7) is 8.19. The van der Waals surface area contributed by atoms with E-state index >= 15 is 0 Å². The molecule has 4 aromatic carbocycles. The van der Waals surface area contributed by atoms with Crippen LogP contribution in [0.25, 0.3) is 11.1 Å². The monoisotopic (exact) mass is 456 g/mol. The van der Waals surface area contributed by atoms with Gasteiger partial charge in [-0.25, -0.2) is 0 Å². The Morgan fingerprint density at radius 3 is 1.83 bits per heavy atom. The molecule has 2 heteroatoms. The van der Waals surface area contributed by atoms with E-state index in [-0.39, 0.29) is 0 Å². The number of allylic oxidation sites excluding steroid dienone is 4. The molecule has 0 atom stereocenters. The Balaban J connectivity index is 1.61. The summed E-state index contributed by atoms with van der Waals surface area (Å²) in [5, 5.41) is 0. The van der Waals surface area contributed by atoms with E-state index in [9.17, 15) is 0 Å². The summed E-state index contributed by atoms with van der Waals surface area (Å²) in [4.78, 5) is 4.43. The minimum absolute atomic E-state index is 1.02. The normalized spacial score (nSPS) is 11.5. The molecule has 35 heavy (non-hydrogen) atoms. The fourth-order valence-corrected chi connectivity index (χ4v) is 4.12. The number of nitrogens with zero attached hydrogens (tertiary/aromatic N) is 2. The zero-order chi connectivity index (χ0) is 24.6. The van der Waals surface area contributed by atoms with Crippen LogP contribution in [0.5, 0.6) is 0 Å². The number of hydrogen-bond donors (Lipinski definition) is 0. The molecular weight excluding hydrogens is 424 g/mol. The average Bonchev–Trinajstić information content (AvgIpc) is 2.91. The molecule has 0 bridgehead atoms. The second-order valence-corrected chi connectivity index (χ2v) is 8.48. The van der Waals surface area contributed by atoms with Crippen molar-refractivity contribution in [1.29, 1.82) is 0 Å². The van der Waals surface area contributed by atoms with Gasteiger partial charge in [0, 0.05) is 35.5 Å². The second kappa shape index (κ2) is 11.2. The van der Waals surface area contributed by atoms with Gasteiger partial charge in [-0.15, -0.1) is 0 Å². The number of para-hydroxylation sites is 1. The lowest BCUT2D eigenvalue weighted by Crippen LogP contribution is -2.14. The highest BCUT2D eigenvalue weighted by Crippen LogP contribution is 2.33. The molecule has 0 aliphatic carbocycles. The van der Waals surface area contributed by atoms with Crippen LogP contribution < -0.4 is 9.80 Å². The van der Waals surface area contributed by atoms with Crippen molar-refractivity contribution in [2.24, 2.45) is 0 Å². The fraction of sp³-hybridized carbons (Fsp3) is 0.0909. The van der Waals surface area contributed by atoms with Gasteiger partial charge in [-0.1, -0.05) is 73.3 Å². The van der Waals surface area contributed by atoms with Gasteiger partial charge in [0.15, 0.2) is 0 Å². The third-order valence-corrected chi connectivity index (χ3v) is 6.04. The molecular formula is C33H32N2. The van der Waals surface area contributed by atoms with Crippen molar-refractivity contribution >= 4 is 22.7 Å². The highest BCUT2D eigenvalue weighted by Gasteiger charge is 2.12. The van der Waals surface area contributed by atoms with Crippen molar-refractivity contribution in [3.8, 4) is 11.1 Å². The Kier molecular flexibility index (Phi) is 7.64. The van der Waals surface area contributed by atoms with Crippen molar-refractivity contribution in [3.63, 3.8) is 0 Å². The largest absolute Gasteiger partial charge is 0.345 e. The zero-order valence-corrected chi connectivity index (χ0v) is 20.7. The molecule has 0 saturated heterocycles. The third kappa shape index (κ3) is 5.62. The van der Waals surface area contributed by atoms with Gasteiger partial charge in [0.1, 0.15) is 0 Å². The van der Waals surface area contributed by atoms with Crippen LogP contribution in [0, 0.1) is 6.92 Å². The molecule has 2 nitrogen and oxygen atoms in total. The number of benzene rings is 4. The number of rotatable bonds is 8. The Bertz CT molecular complexity index is 1310. The van der Waals surface area contributed by atoms with Crippen LogP contribution in [0.15, 0.2) is 140 Å². The highest BCUT2D eigenvalue weighted by atomic mass is 15.1. The maximum absolute atomic E-state index is 4.05. The summed E-state index contributed by atoms with van der Waals surface area (Å²) >= 11 is 0. The quantitative estimate of drug-likeness (QED) is 0.244. The predicted molar refractivity (Wildman–Crippen MR) is 153 cm³/mol. The van der Waals surface area contributed by atoms with Crippen molar-refractivity contribution in [2.75, 3.05) is 16.8 Å². The molecule has 0 spiro atoms. The molecule has 4 rings (SSSR count). The van der Waals surface area contributed by atoms with Gasteiger partial charge in [0.25, 0.3) is 0 Å². The van der Waals surface area contributed by atoms with E-state index in [1.54, 1.807) is 0 Å². The summed E-state index contributed by atoms with van der Waals surface area (Å²) in [5.74, 6) is 0. The molecule has 0 N–H and O–H groups in total. The van der Waals surface area contributed by atoms with Crippen LogP contribution in [-0.4, -0.2) is 7.05 Å². The molecule has 0 unspecified atom stereocenters. The lowest BCUT2D eigenvalue weighted by Gasteiger charge is -2.26. The standard InChI is InChI=1S/C33H32N2/c1-5-7-13-29(6-2)35(31-14-9-8-10-15-31)32-23-19-28(20-24-32)27-17-21-30(22-18-27)34(4)33-16-11-12-26(3)25-33/h5-25H,2H2,1,3-4H3/b7-5-,29-13+. The first kappa shape index (κ1) is 23.8. The Morgan fingerprint density at radius 2 is 1.26 bits per heavy atom. The van der Waals surface area contributed by atoms with Gasteiger partial charge in [0.2, 0.25) is 0 Å². The minimum Gasteiger partial charge on any atom is -0.345 e. The Hall–Kier alpha value is -4.30. The van der Waals surface area contributed by atoms with Crippen LogP contribution in [0.1, 0.15) is 12.5 Å². The first-order chi connectivity index (χ1) is 17.1. The van der Waals surface area contributed by atoms with Crippen molar-refractivity contribution in [2.45, 2.75) is 13.8 Å². The summed E-state index contributed by atoms with van der Waals surface area (Å²) in [6.07, 6.45) is 8.04. The lowest BCUT2D eigenvalue weighted by molar-refractivity contribution is 1.20. The van der Waals surface area contributed by atoms with E-state index in [0.29, 0.717) is 0 Å². The Labute approximate surface area is 209 Å². The summed E-state index contributed by atoms with van der Waals surface area (Å²) < 4.78 is 0. The van der Waals surface area contributed by atoms with Crippen LogP contribution in [0.2, 0.25) is 0 Å². The molecule has 0 aliphatic rings. The first-order valence-electron chi connectivity index (χ1n) is 11.9. The molecule has 0 aromatic heterocycles. The maximum Gasteiger partial charge on any atom is 0.0462 e. The second-order valence-electron chi connectivity index (χ2n) is 8.48. The van der Waals surface area contributed by atoms with E-state index in [0.717, 1.165) is 22.8 Å². The number of anilines is 4. The minimum atomic E-state index is 1.02. The Morgan fingerprint density at radius 1 is 0.686 bits per heavy atom. The van der Waals surface area contributed by atoms with Gasteiger partial charge in [-0.2, -0.15) is 0 Å². The fourth-order valence-electron chi connectivity index (χ4n) is 4.12. The first-order valence-corrected chi connectivity index (χ1v) is 11.9. The van der Waals surface area contributed by atoms with Crippen molar-refractivity contribution in [1.82, 2.24) is 0 Å². The molecule has 0 amide bonds. The lowest BCUT2D eigenvalue weighted by atomic mass is 10.0. The smallest absolute Gasteiger partial charge is 0.0462 e. The molecule has 0 fully saturated rings. The average molecular weight is 457 g/mol. The van der Waals surface area contributed by atoms with E-state index in [2.05, 4.69) is 133 Å². The van der Waals surface area contributed by atoms with Crippen LogP contribution in [0.3, 0.4) is 0 Å². The summed E-state index contributed by atoms with van der Waals surface area (Å²) in [5.41, 5.74) is 9.19. The molecule has 0 saturated carbocycles. The van der Waals surface area contributed by atoms with E-state index in [4.69, 9.17) is 0 Å². The number of hydrogen-bond acceptors (Lipinski definition) is 2. The third-order valence-electron chi connectivity index (χ3n) is 6.04. The molecule has 4 aromatic rings. The van der Waals surface area contributed by atoms with Crippen molar-refractivity contribution in [3.05, 3.63) is 145 Å². The topological polar surface area (TPSA) is 6.48 Å². The summed E-state index contributed by atoms with van der Waals surface area (Å²) in [7, 11) is 2.11. The van der Waals surface area contributed by atoms with Gasteiger partial charge in [-0.05, 0) is 91.2 Å². The predicted octanol–water partition coefficient (Wildman–Crippen LogP) is 9.21. The summed E-state index contributed by atoms with van der Waals surface area (Å²) in [6, 6.07) is 36.4. The van der Waals surface area contributed by atoms with Gasteiger partial charge < -0.3 is 9.80 Å². The van der Waals surface area contributed by atoms with Crippen LogP contribution in [0.4, 0.5) is 22.7 Å². The molecule has 0 radical (unpaired) electrons. The number of aryl methyl sites for hydroxylation is 1. The highest BCUT2D eigenvalue weighted by molar-refractivity contribution is 5.75.